The molecule has 0 spiro atoms. The van der Waals surface area contributed by atoms with Crippen molar-refractivity contribution >= 4 is 11.0 Å². The highest BCUT2D eigenvalue weighted by molar-refractivity contribution is 5.78. The molecule has 0 saturated heterocycles. The highest BCUT2D eigenvalue weighted by atomic mass is 16.6. The summed E-state index contributed by atoms with van der Waals surface area (Å²) in [6.45, 7) is 11.5. The zero-order chi connectivity index (χ0) is 18.8. The van der Waals surface area contributed by atoms with Crippen molar-refractivity contribution in [1.29, 1.82) is 0 Å². The average molecular weight is 352 g/mol. The summed E-state index contributed by atoms with van der Waals surface area (Å²) < 4.78 is 7.56. The molecule has 4 heteroatoms. The number of hydrogen-bond donors (Lipinski definition) is 1. The summed E-state index contributed by atoms with van der Waals surface area (Å²) in [4.78, 5) is 4.68. The molecule has 1 unspecified atom stereocenters. The van der Waals surface area contributed by atoms with E-state index in [2.05, 4.69) is 55.4 Å². The van der Waals surface area contributed by atoms with Gasteiger partial charge in [-0.05, 0) is 68.5 Å². The Bertz CT molecular complexity index is 904. The van der Waals surface area contributed by atoms with Crippen LogP contribution in [0, 0.1) is 20.8 Å². The molecule has 0 radical (unpaired) electrons. The summed E-state index contributed by atoms with van der Waals surface area (Å²) in [6.07, 6.45) is 1.91. The fraction of sp³-hybridized carbons (Fsp3) is 0.409. The molecule has 26 heavy (non-hydrogen) atoms. The predicted octanol–water partition coefficient (Wildman–Crippen LogP) is 4.60. The zero-order valence-electron chi connectivity index (χ0n) is 16.3. The van der Waals surface area contributed by atoms with Crippen LogP contribution in [0.3, 0.4) is 0 Å². The van der Waals surface area contributed by atoms with Crippen LogP contribution in [0.15, 0.2) is 30.5 Å². The van der Waals surface area contributed by atoms with E-state index in [0.717, 1.165) is 23.1 Å². The molecule has 1 atom stereocenters. The Balaban J connectivity index is 2.15. The molecule has 0 bridgehead atoms. The molecule has 3 rings (SSSR count). The molecule has 4 nitrogen and oxygen atoms in total. The van der Waals surface area contributed by atoms with Crippen LogP contribution < -0.4 is 0 Å². The Morgan fingerprint density at radius 3 is 2.38 bits per heavy atom. The van der Waals surface area contributed by atoms with Gasteiger partial charge in [-0.1, -0.05) is 24.6 Å². The van der Waals surface area contributed by atoms with Crippen LogP contribution in [-0.2, 0) is 17.7 Å². The highest BCUT2D eigenvalue weighted by Gasteiger charge is 2.19. The number of benzene rings is 1. The Morgan fingerprint density at radius 1 is 1.08 bits per heavy atom. The molecule has 2 heterocycles. The predicted molar refractivity (Wildman–Crippen MR) is 105 cm³/mol. The van der Waals surface area contributed by atoms with Crippen LogP contribution in [0.5, 0.6) is 0 Å². The lowest BCUT2D eigenvalue weighted by Crippen LogP contribution is -2.13. The fourth-order valence-corrected chi connectivity index (χ4v) is 3.64. The first-order valence-corrected chi connectivity index (χ1v) is 9.29. The van der Waals surface area contributed by atoms with E-state index in [1.807, 2.05) is 19.2 Å². The second kappa shape index (κ2) is 7.60. The smallest absolute Gasteiger partial charge is 0.196 e. The van der Waals surface area contributed by atoms with E-state index in [1.54, 1.807) is 0 Å². The molecule has 0 fully saturated rings. The normalized spacial score (nSPS) is 12.7. The second-order valence-electron chi connectivity index (χ2n) is 6.95. The maximum absolute atomic E-state index is 10.5. The molecule has 0 aliphatic heterocycles. The number of pyridine rings is 1. The van der Waals surface area contributed by atoms with Gasteiger partial charge in [-0.3, -0.25) is 0 Å². The summed E-state index contributed by atoms with van der Waals surface area (Å²) >= 11 is 0. The van der Waals surface area contributed by atoms with E-state index in [0.29, 0.717) is 13.2 Å². The SMILES string of the molecule is CCOC(O)c1cc2cc(CC)cnc2n1Cc1c(C)cc(C)cc1C. The minimum Gasteiger partial charge on any atom is -0.363 e. The quantitative estimate of drug-likeness (QED) is 0.660. The van der Waals surface area contributed by atoms with Crippen molar-refractivity contribution < 1.29 is 9.84 Å². The van der Waals surface area contributed by atoms with E-state index in [-0.39, 0.29) is 0 Å². The number of ether oxygens (including phenoxy) is 1. The van der Waals surface area contributed by atoms with Crippen LogP contribution >= 0.6 is 0 Å². The van der Waals surface area contributed by atoms with Gasteiger partial charge >= 0.3 is 0 Å². The van der Waals surface area contributed by atoms with Gasteiger partial charge in [0.2, 0.25) is 0 Å². The summed E-state index contributed by atoms with van der Waals surface area (Å²) in [5.74, 6) is 0. The highest BCUT2D eigenvalue weighted by Crippen LogP contribution is 2.28. The van der Waals surface area contributed by atoms with Crippen molar-refractivity contribution in [3.8, 4) is 0 Å². The Hall–Kier alpha value is -2.17. The number of aryl methyl sites for hydroxylation is 4. The van der Waals surface area contributed by atoms with Crippen molar-refractivity contribution in [3.05, 3.63) is 64.0 Å². The first kappa shape index (κ1) is 18.6. The maximum Gasteiger partial charge on any atom is 0.196 e. The lowest BCUT2D eigenvalue weighted by molar-refractivity contribution is -0.102. The summed E-state index contributed by atoms with van der Waals surface area (Å²) in [7, 11) is 0. The van der Waals surface area contributed by atoms with Gasteiger partial charge < -0.3 is 14.4 Å². The minimum atomic E-state index is -0.953. The van der Waals surface area contributed by atoms with E-state index in [4.69, 9.17) is 4.74 Å². The van der Waals surface area contributed by atoms with Crippen molar-refractivity contribution in [2.45, 2.75) is 53.9 Å². The summed E-state index contributed by atoms with van der Waals surface area (Å²) in [6, 6.07) is 8.56. The minimum absolute atomic E-state index is 0.457. The van der Waals surface area contributed by atoms with Gasteiger partial charge in [0.05, 0.1) is 5.69 Å². The molecule has 1 aromatic carbocycles. The summed E-state index contributed by atoms with van der Waals surface area (Å²) in [5, 5.41) is 11.6. The van der Waals surface area contributed by atoms with E-state index in [9.17, 15) is 5.11 Å². The molecule has 0 aliphatic rings. The number of aliphatic hydroxyl groups excluding tert-OH is 1. The first-order chi connectivity index (χ1) is 12.4. The largest absolute Gasteiger partial charge is 0.363 e. The Labute approximate surface area is 155 Å². The fourth-order valence-electron chi connectivity index (χ4n) is 3.64. The van der Waals surface area contributed by atoms with Crippen molar-refractivity contribution in [1.82, 2.24) is 9.55 Å². The van der Waals surface area contributed by atoms with Crippen LogP contribution in [0.4, 0.5) is 0 Å². The van der Waals surface area contributed by atoms with Gasteiger partial charge in [0.15, 0.2) is 6.29 Å². The number of fused-ring (bicyclic) bond motifs is 1. The lowest BCUT2D eigenvalue weighted by atomic mass is 10.00. The number of hydrogen-bond acceptors (Lipinski definition) is 3. The summed E-state index contributed by atoms with van der Waals surface area (Å²) in [5.41, 5.74) is 7.87. The number of rotatable bonds is 6. The first-order valence-electron chi connectivity index (χ1n) is 9.29. The number of aromatic nitrogens is 2. The molecule has 2 aromatic heterocycles. The number of nitrogens with zero attached hydrogens (tertiary/aromatic N) is 2. The zero-order valence-corrected chi connectivity index (χ0v) is 16.3. The third kappa shape index (κ3) is 3.53. The third-order valence-electron chi connectivity index (χ3n) is 4.96. The molecular formula is C22H28N2O2. The van der Waals surface area contributed by atoms with Crippen LogP contribution in [0.25, 0.3) is 11.0 Å². The van der Waals surface area contributed by atoms with Crippen molar-refractivity contribution in [2.24, 2.45) is 0 Å². The number of aliphatic hydroxyl groups is 1. The molecule has 138 valence electrons. The van der Waals surface area contributed by atoms with Gasteiger partial charge in [0, 0.05) is 24.7 Å². The van der Waals surface area contributed by atoms with Crippen molar-refractivity contribution in [2.75, 3.05) is 6.61 Å². The molecule has 0 aliphatic carbocycles. The monoisotopic (exact) mass is 352 g/mol. The van der Waals surface area contributed by atoms with Gasteiger partial charge in [0.25, 0.3) is 0 Å². The lowest BCUT2D eigenvalue weighted by Gasteiger charge is -2.18. The van der Waals surface area contributed by atoms with E-state index in [1.165, 1.54) is 27.8 Å². The molecule has 0 saturated carbocycles. The van der Waals surface area contributed by atoms with Crippen molar-refractivity contribution in [3.63, 3.8) is 0 Å². The Morgan fingerprint density at radius 2 is 1.77 bits per heavy atom. The van der Waals surface area contributed by atoms with Gasteiger partial charge in [-0.2, -0.15) is 0 Å². The average Bonchev–Trinajstić information content (AvgIpc) is 2.95. The van der Waals surface area contributed by atoms with Crippen LogP contribution in [0.1, 0.15) is 53.6 Å². The topological polar surface area (TPSA) is 47.3 Å². The van der Waals surface area contributed by atoms with Gasteiger partial charge in [-0.25, -0.2) is 4.98 Å². The van der Waals surface area contributed by atoms with E-state index >= 15 is 0 Å². The van der Waals surface area contributed by atoms with Gasteiger partial charge in [-0.15, -0.1) is 0 Å². The molecule has 3 aromatic rings. The molecule has 1 N–H and O–H groups in total. The van der Waals surface area contributed by atoms with E-state index < -0.39 is 6.29 Å². The molecule has 0 amide bonds. The maximum atomic E-state index is 10.5. The van der Waals surface area contributed by atoms with Crippen LogP contribution in [0.2, 0.25) is 0 Å². The van der Waals surface area contributed by atoms with Crippen LogP contribution in [-0.4, -0.2) is 21.3 Å². The Kier molecular flexibility index (Phi) is 5.44. The molecular weight excluding hydrogens is 324 g/mol. The second-order valence-corrected chi connectivity index (χ2v) is 6.95. The third-order valence-corrected chi connectivity index (χ3v) is 4.96. The standard InChI is InChI=1S/C22H28N2O2/c1-6-17-10-18-11-20(22(25)26-7-2)24(21(18)23-12-17)13-19-15(4)8-14(3)9-16(19)5/h8-12,22,25H,6-7,13H2,1-5H3. The van der Waals surface area contributed by atoms with Gasteiger partial charge in [0.1, 0.15) is 5.65 Å².